The largest absolute Gasteiger partial charge is 0.434 e. The number of thioether (sulfide) groups is 1. The summed E-state index contributed by atoms with van der Waals surface area (Å²) in [7, 11) is 1.55. The number of halogens is 3. The van der Waals surface area contributed by atoms with Gasteiger partial charge >= 0.3 is 6.18 Å². The number of nitrogens with one attached hydrogen (secondary N) is 1. The van der Waals surface area contributed by atoms with Gasteiger partial charge < -0.3 is 14.6 Å². The predicted octanol–water partition coefficient (Wildman–Crippen LogP) is 6.95. The van der Waals surface area contributed by atoms with Gasteiger partial charge in [-0.2, -0.15) is 13.2 Å². The Morgan fingerprint density at radius 2 is 1.76 bits per heavy atom. The molecule has 1 fully saturated rings. The second-order valence-electron chi connectivity index (χ2n) is 9.88. The third-order valence-electron chi connectivity index (χ3n) is 7.07. The van der Waals surface area contributed by atoms with Crippen LogP contribution in [0.4, 0.5) is 19.0 Å². The van der Waals surface area contributed by atoms with E-state index in [0.29, 0.717) is 41.5 Å². The van der Waals surface area contributed by atoms with Gasteiger partial charge in [0.25, 0.3) is 0 Å². The summed E-state index contributed by atoms with van der Waals surface area (Å²) in [5.41, 5.74) is 2.84. The van der Waals surface area contributed by atoms with Gasteiger partial charge in [0.2, 0.25) is 0 Å². The van der Waals surface area contributed by atoms with E-state index < -0.39 is 11.9 Å². The molecule has 1 aliphatic rings. The summed E-state index contributed by atoms with van der Waals surface area (Å²) in [6, 6.07) is 15.4. The van der Waals surface area contributed by atoms with Crippen LogP contribution < -0.4 is 5.32 Å². The van der Waals surface area contributed by atoms with E-state index in [9.17, 15) is 13.2 Å². The van der Waals surface area contributed by atoms with Gasteiger partial charge in [0, 0.05) is 42.4 Å². The summed E-state index contributed by atoms with van der Waals surface area (Å²) in [5, 5.41) is 3.41. The van der Waals surface area contributed by atoms with Gasteiger partial charge in [0.1, 0.15) is 12.1 Å². The summed E-state index contributed by atoms with van der Waals surface area (Å²) in [4.78, 5) is 19.3. The quantitative estimate of drug-likeness (QED) is 0.209. The lowest BCUT2D eigenvalue weighted by atomic mass is 10.1. The van der Waals surface area contributed by atoms with E-state index in [1.54, 1.807) is 37.3 Å². The van der Waals surface area contributed by atoms with Crippen molar-refractivity contribution in [1.29, 1.82) is 0 Å². The minimum absolute atomic E-state index is 0.125. The number of alkyl halides is 3. The van der Waals surface area contributed by atoms with E-state index in [-0.39, 0.29) is 12.1 Å². The van der Waals surface area contributed by atoms with Crippen molar-refractivity contribution in [3.8, 4) is 22.8 Å². The Labute approximate surface area is 239 Å². The first kappa shape index (κ1) is 27.3. The molecule has 0 bridgehead atoms. The molecule has 12 heteroatoms. The number of rotatable bonds is 7. The first-order valence-corrected chi connectivity index (χ1v) is 14.5. The van der Waals surface area contributed by atoms with Crippen LogP contribution in [0.3, 0.4) is 0 Å². The number of hydrogen-bond acceptors (Lipinski definition) is 7. The van der Waals surface area contributed by atoms with Crippen molar-refractivity contribution in [1.82, 2.24) is 29.1 Å². The number of nitrogens with zero attached hydrogens (tertiary/aromatic N) is 6. The number of benzene rings is 2. The lowest BCUT2D eigenvalue weighted by Gasteiger charge is -2.24. The molecule has 8 nitrogen and oxygen atoms in total. The average molecular weight is 580 g/mol. The van der Waals surface area contributed by atoms with E-state index in [4.69, 9.17) is 14.7 Å². The predicted molar refractivity (Wildman–Crippen MR) is 152 cm³/mol. The van der Waals surface area contributed by atoms with Crippen LogP contribution in [0.1, 0.15) is 36.7 Å². The zero-order valence-electron chi connectivity index (χ0n) is 22.5. The van der Waals surface area contributed by atoms with Crippen molar-refractivity contribution in [3.05, 3.63) is 72.3 Å². The first-order valence-electron chi connectivity index (χ1n) is 13.2. The van der Waals surface area contributed by atoms with E-state index in [2.05, 4.69) is 15.3 Å². The molecule has 4 heterocycles. The van der Waals surface area contributed by atoms with Crippen molar-refractivity contribution >= 4 is 28.7 Å². The molecule has 1 saturated heterocycles. The van der Waals surface area contributed by atoms with Crippen LogP contribution in [0.2, 0.25) is 0 Å². The Balaban J connectivity index is 1.29. The van der Waals surface area contributed by atoms with E-state index in [1.807, 2.05) is 47.2 Å². The highest BCUT2D eigenvalue weighted by atomic mass is 32.2. The third-order valence-corrected chi connectivity index (χ3v) is 7.82. The van der Waals surface area contributed by atoms with Gasteiger partial charge in [0.15, 0.2) is 28.5 Å². The molecule has 1 unspecified atom stereocenters. The highest BCUT2D eigenvalue weighted by Crippen LogP contribution is 2.32. The summed E-state index contributed by atoms with van der Waals surface area (Å²) in [6.45, 7) is 1.13. The maximum atomic E-state index is 13.1. The second-order valence-corrected chi connectivity index (χ2v) is 10.8. The Morgan fingerprint density at radius 1 is 1.00 bits per heavy atom. The van der Waals surface area contributed by atoms with Crippen LogP contribution in [0.5, 0.6) is 0 Å². The maximum Gasteiger partial charge on any atom is 0.434 e. The molecule has 1 atom stereocenters. The van der Waals surface area contributed by atoms with Crippen LogP contribution in [0.15, 0.2) is 66.0 Å². The molecule has 1 aliphatic heterocycles. The molecular weight excluding hydrogens is 551 g/mol. The van der Waals surface area contributed by atoms with Gasteiger partial charge in [-0.1, -0.05) is 36.4 Å². The molecule has 6 rings (SSSR count). The first-order chi connectivity index (χ1) is 19.8. The molecule has 3 aromatic heterocycles. The molecule has 0 spiro atoms. The molecule has 2 aromatic carbocycles. The molecule has 212 valence electrons. The lowest BCUT2D eigenvalue weighted by Crippen LogP contribution is -2.18. The van der Waals surface area contributed by atoms with Crippen LogP contribution in [0.25, 0.3) is 33.9 Å². The topological polar surface area (TPSA) is 82.7 Å². The zero-order valence-corrected chi connectivity index (χ0v) is 23.3. The summed E-state index contributed by atoms with van der Waals surface area (Å²) < 4.78 is 48.7. The number of aryl methyl sites for hydroxylation is 1. The van der Waals surface area contributed by atoms with Gasteiger partial charge in [-0.25, -0.2) is 19.9 Å². The number of anilines is 1. The summed E-state index contributed by atoms with van der Waals surface area (Å²) in [5.74, 6) is 1.43. The Hall–Kier alpha value is -3.90. The maximum absolute atomic E-state index is 13.1. The molecule has 1 N–H and O–H groups in total. The van der Waals surface area contributed by atoms with Gasteiger partial charge in [0.05, 0.1) is 6.33 Å². The number of aromatic nitrogens is 6. The van der Waals surface area contributed by atoms with Crippen LogP contribution in [-0.4, -0.2) is 41.9 Å². The van der Waals surface area contributed by atoms with E-state index >= 15 is 0 Å². The van der Waals surface area contributed by atoms with Crippen LogP contribution in [-0.2, 0) is 24.5 Å². The van der Waals surface area contributed by atoms with E-state index in [0.717, 1.165) is 41.5 Å². The lowest BCUT2D eigenvalue weighted by molar-refractivity contribution is -0.140. The zero-order chi connectivity index (χ0) is 28.6. The fraction of sp³-hybridized carbons (Fsp3) is 0.310. The van der Waals surface area contributed by atoms with E-state index in [1.165, 1.54) is 4.57 Å². The van der Waals surface area contributed by atoms with Crippen LogP contribution >= 0.6 is 11.8 Å². The number of fused-ring (bicyclic) bond motifs is 1. The van der Waals surface area contributed by atoms with Crippen molar-refractivity contribution in [2.45, 2.75) is 43.1 Å². The third kappa shape index (κ3) is 5.66. The average Bonchev–Trinajstić information content (AvgIpc) is 3.60. The standard InChI is InChI=1S/C29H28F3N7OS/c1-38-16-22(29(30,31)32)35-27(38)20-8-6-18(7-9-20)15-33-26-24-28(39(17-34-24)23-5-3-4-14-40-23)37-25(36-26)19-10-12-21(41-2)13-11-19/h6-13,16-17,23H,3-5,14-15H2,1-2H3,(H,33,36,37). The second kappa shape index (κ2) is 11.2. The van der Waals surface area contributed by atoms with Gasteiger partial charge in [-0.15, -0.1) is 11.8 Å². The number of imidazole rings is 2. The Bertz CT molecular complexity index is 1660. The fourth-order valence-corrected chi connectivity index (χ4v) is 5.30. The molecule has 0 radical (unpaired) electrons. The molecular formula is C29H28F3N7OS. The van der Waals surface area contributed by atoms with Crippen molar-refractivity contribution < 1.29 is 17.9 Å². The molecule has 0 saturated carbocycles. The number of hydrogen-bond donors (Lipinski definition) is 1. The SMILES string of the molecule is CSc1ccc(-c2nc(NCc3ccc(-c4nc(C(F)(F)F)cn4C)cc3)c3ncn(C4CCCCO4)c3n2)cc1. The minimum Gasteiger partial charge on any atom is -0.364 e. The minimum atomic E-state index is -4.49. The highest BCUT2D eigenvalue weighted by Gasteiger charge is 2.34. The number of ether oxygens (including phenoxy) is 1. The van der Waals surface area contributed by atoms with Crippen molar-refractivity contribution in [2.24, 2.45) is 7.05 Å². The molecule has 0 amide bonds. The Morgan fingerprint density at radius 3 is 2.41 bits per heavy atom. The summed E-state index contributed by atoms with van der Waals surface area (Å²) >= 11 is 1.67. The smallest absolute Gasteiger partial charge is 0.364 e. The van der Waals surface area contributed by atoms with Gasteiger partial charge in [-0.05, 0) is 43.2 Å². The summed E-state index contributed by atoms with van der Waals surface area (Å²) in [6.07, 6.45) is 3.19. The molecule has 41 heavy (non-hydrogen) atoms. The normalized spacial score (nSPS) is 15.9. The Kier molecular flexibility index (Phi) is 7.43. The van der Waals surface area contributed by atoms with Crippen molar-refractivity contribution in [2.75, 3.05) is 18.2 Å². The highest BCUT2D eigenvalue weighted by molar-refractivity contribution is 7.98. The van der Waals surface area contributed by atoms with Crippen molar-refractivity contribution in [3.63, 3.8) is 0 Å². The van der Waals surface area contributed by atoms with Gasteiger partial charge in [-0.3, -0.25) is 4.57 Å². The molecule has 0 aliphatic carbocycles. The van der Waals surface area contributed by atoms with Crippen LogP contribution in [0, 0.1) is 0 Å². The molecule has 5 aromatic rings. The monoisotopic (exact) mass is 579 g/mol. The fourth-order valence-electron chi connectivity index (χ4n) is 4.89.